The summed E-state index contributed by atoms with van der Waals surface area (Å²) in [6.07, 6.45) is 4.30. The van der Waals surface area contributed by atoms with Crippen molar-refractivity contribution in [1.29, 1.82) is 0 Å². The normalized spacial score (nSPS) is 21.6. The molecule has 0 aromatic carbocycles. The number of ketones is 1. The molecule has 1 amide bonds. The Morgan fingerprint density at radius 3 is 3.10 bits per heavy atom. The van der Waals surface area contributed by atoms with E-state index < -0.39 is 5.54 Å². The van der Waals surface area contributed by atoms with Crippen molar-refractivity contribution in [3.63, 3.8) is 0 Å². The predicted molar refractivity (Wildman–Crippen MR) is 80.1 cm³/mol. The molecule has 0 fully saturated rings. The van der Waals surface area contributed by atoms with Gasteiger partial charge in [0.05, 0.1) is 15.7 Å². The summed E-state index contributed by atoms with van der Waals surface area (Å²) in [5.74, 6) is -0.0680. The lowest BCUT2D eigenvalue weighted by Crippen LogP contribution is -2.46. The van der Waals surface area contributed by atoms with E-state index in [0.717, 1.165) is 3.79 Å². The Labute approximate surface area is 128 Å². The third-order valence-electron chi connectivity index (χ3n) is 3.59. The highest BCUT2D eigenvalue weighted by Gasteiger charge is 2.41. The van der Waals surface area contributed by atoms with Crippen molar-refractivity contribution in [3.05, 3.63) is 34.0 Å². The summed E-state index contributed by atoms with van der Waals surface area (Å²) < 4.78 is 2.62. The molecule has 20 heavy (non-hydrogen) atoms. The first-order chi connectivity index (χ1) is 9.50. The Balaban J connectivity index is 1.91. The van der Waals surface area contributed by atoms with Crippen LogP contribution in [0, 0.1) is 0 Å². The summed E-state index contributed by atoms with van der Waals surface area (Å²) in [5.41, 5.74) is -0.167. The van der Waals surface area contributed by atoms with Crippen LogP contribution in [0.1, 0.15) is 30.3 Å². The number of Topliss-reactive ketones (excluding diaryl/α,β-unsaturated/α-hetero) is 1. The van der Waals surface area contributed by atoms with Gasteiger partial charge in [-0.05, 0) is 41.4 Å². The van der Waals surface area contributed by atoms with E-state index in [0.29, 0.717) is 23.7 Å². The second-order valence-corrected chi connectivity index (χ2v) is 7.29. The number of thiazole rings is 1. The van der Waals surface area contributed by atoms with Gasteiger partial charge >= 0.3 is 0 Å². The van der Waals surface area contributed by atoms with Gasteiger partial charge in [0.1, 0.15) is 5.54 Å². The second kappa shape index (κ2) is 4.82. The number of carbonyl (C=O) groups is 2. The first kappa shape index (κ1) is 13.5. The van der Waals surface area contributed by atoms with E-state index in [-0.39, 0.29) is 11.7 Å². The molecule has 2 aromatic heterocycles. The van der Waals surface area contributed by atoms with Gasteiger partial charge < -0.3 is 4.57 Å². The quantitative estimate of drug-likeness (QED) is 0.902. The monoisotopic (exact) mass is 353 g/mol. The van der Waals surface area contributed by atoms with Crippen molar-refractivity contribution in [2.75, 3.05) is 5.32 Å². The van der Waals surface area contributed by atoms with Gasteiger partial charge in [0.2, 0.25) is 0 Å². The van der Waals surface area contributed by atoms with Crippen LogP contribution in [0.4, 0.5) is 5.13 Å². The predicted octanol–water partition coefficient (Wildman–Crippen LogP) is 3.04. The van der Waals surface area contributed by atoms with Crippen LogP contribution in [0.25, 0.3) is 0 Å². The third kappa shape index (κ3) is 2.10. The molecule has 0 aliphatic carbocycles. The molecule has 0 spiro atoms. The molecule has 1 aliphatic heterocycles. The highest BCUT2D eigenvalue weighted by Crippen LogP contribution is 2.33. The number of nitrogens with zero attached hydrogens (tertiary/aromatic N) is 2. The third-order valence-corrected chi connectivity index (χ3v) is 4.98. The summed E-state index contributed by atoms with van der Waals surface area (Å²) in [6, 6.07) is 3.55. The van der Waals surface area contributed by atoms with E-state index >= 15 is 0 Å². The molecule has 1 unspecified atom stereocenters. The molecule has 1 N–H and O–H groups in total. The Morgan fingerprint density at radius 2 is 2.40 bits per heavy atom. The minimum absolute atomic E-state index is 0.0808. The zero-order valence-electron chi connectivity index (χ0n) is 10.7. The van der Waals surface area contributed by atoms with Gasteiger partial charge in [-0.25, -0.2) is 4.98 Å². The number of amides is 1. The molecule has 5 nitrogen and oxygen atoms in total. The molecule has 0 saturated heterocycles. The lowest BCUT2D eigenvalue weighted by Gasteiger charge is -2.34. The van der Waals surface area contributed by atoms with Crippen LogP contribution < -0.4 is 5.32 Å². The number of aromatic nitrogens is 2. The Bertz CT molecular complexity index is 693. The van der Waals surface area contributed by atoms with Crippen LogP contribution in [0.5, 0.6) is 0 Å². The maximum Gasteiger partial charge on any atom is 0.252 e. The Hall–Kier alpha value is -1.47. The SMILES string of the molecule is CC1(C(=O)Nc2ncc(Br)s2)CCC(=O)c2cccn21. The number of nitrogens with one attached hydrogen (secondary N) is 1. The van der Waals surface area contributed by atoms with Crippen molar-refractivity contribution >= 4 is 44.1 Å². The molecule has 1 atom stereocenters. The number of fused-ring (bicyclic) bond motifs is 1. The van der Waals surface area contributed by atoms with Gasteiger partial charge in [0.25, 0.3) is 5.91 Å². The summed E-state index contributed by atoms with van der Waals surface area (Å²) in [5, 5.41) is 3.37. The molecule has 3 heterocycles. The number of halogens is 1. The minimum atomic E-state index is -0.759. The van der Waals surface area contributed by atoms with Gasteiger partial charge in [0.15, 0.2) is 10.9 Å². The molecule has 1 aliphatic rings. The smallest absolute Gasteiger partial charge is 0.252 e. The summed E-state index contributed by atoms with van der Waals surface area (Å²) in [6.45, 7) is 1.85. The van der Waals surface area contributed by atoms with Crippen LogP contribution in [0.2, 0.25) is 0 Å². The number of hydrogen-bond donors (Lipinski definition) is 1. The number of hydrogen-bond acceptors (Lipinski definition) is 4. The summed E-state index contributed by atoms with van der Waals surface area (Å²) >= 11 is 4.67. The first-order valence-electron chi connectivity index (χ1n) is 6.14. The van der Waals surface area contributed by atoms with Crippen LogP contribution in [0.15, 0.2) is 28.3 Å². The van der Waals surface area contributed by atoms with Gasteiger partial charge in [-0.2, -0.15) is 0 Å². The molecular weight excluding hydrogens is 342 g/mol. The van der Waals surface area contributed by atoms with Crippen LogP contribution in [-0.4, -0.2) is 21.2 Å². The zero-order chi connectivity index (χ0) is 14.3. The van der Waals surface area contributed by atoms with E-state index in [1.54, 1.807) is 29.1 Å². The van der Waals surface area contributed by atoms with Gasteiger partial charge in [-0.3, -0.25) is 14.9 Å². The maximum absolute atomic E-state index is 12.6. The molecule has 104 valence electrons. The molecule has 0 radical (unpaired) electrons. The average Bonchev–Trinajstić information content (AvgIpc) is 3.04. The fraction of sp³-hybridized carbons (Fsp3) is 0.308. The van der Waals surface area contributed by atoms with Crippen molar-refractivity contribution in [3.8, 4) is 0 Å². The van der Waals surface area contributed by atoms with Crippen molar-refractivity contribution in [2.45, 2.75) is 25.3 Å². The van der Waals surface area contributed by atoms with Crippen LogP contribution in [0.3, 0.4) is 0 Å². The number of rotatable bonds is 2. The van der Waals surface area contributed by atoms with Crippen molar-refractivity contribution in [2.24, 2.45) is 0 Å². The Kier molecular flexibility index (Phi) is 3.25. The largest absolute Gasteiger partial charge is 0.330 e. The number of carbonyl (C=O) groups excluding carboxylic acids is 2. The molecular formula is C13H12BrN3O2S. The van der Waals surface area contributed by atoms with E-state index in [2.05, 4.69) is 26.2 Å². The van der Waals surface area contributed by atoms with Gasteiger partial charge in [-0.15, -0.1) is 0 Å². The lowest BCUT2D eigenvalue weighted by atomic mass is 9.88. The molecule has 7 heteroatoms. The summed E-state index contributed by atoms with van der Waals surface area (Å²) in [4.78, 5) is 28.5. The van der Waals surface area contributed by atoms with Crippen LogP contribution >= 0.6 is 27.3 Å². The standard InChI is InChI=1S/C13H12BrN3O2S/c1-13(11(19)16-12-15-7-10(14)20-12)5-4-9(18)8-3-2-6-17(8)13/h2-3,6-7H,4-5H2,1H3,(H,15,16,19). The first-order valence-corrected chi connectivity index (χ1v) is 7.75. The van der Waals surface area contributed by atoms with Gasteiger partial charge in [0, 0.05) is 12.6 Å². The van der Waals surface area contributed by atoms with Crippen molar-refractivity contribution in [1.82, 2.24) is 9.55 Å². The average molecular weight is 354 g/mol. The van der Waals surface area contributed by atoms with E-state index in [4.69, 9.17) is 0 Å². The fourth-order valence-electron chi connectivity index (χ4n) is 2.41. The molecule has 0 bridgehead atoms. The van der Waals surface area contributed by atoms with E-state index in [9.17, 15) is 9.59 Å². The minimum Gasteiger partial charge on any atom is -0.330 e. The molecule has 3 rings (SSSR count). The molecule has 0 saturated carbocycles. The number of anilines is 1. The topological polar surface area (TPSA) is 64.0 Å². The lowest BCUT2D eigenvalue weighted by molar-refractivity contribution is -0.124. The van der Waals surface area contributed by atoms with Crippen molar-refractivity contribution < 1.29 is 9.59 Å². The molecule has 2 aromatic rings. The van der Waals surface area contributed by atoms with E-state index in [1.165, 1.54) is 11.3 Å². The highest BCUT2D eigenvalue weighted by molar-refractivity contribution is 9.11. The second-order valence-electron chi connectivity index (χ2n) is 4.88. The Morgan fingerprint density at radius 1 is 1.60 bits per heavy atom. The zero-order valence-corrected chi connectivity index (χ0v) is 13.1. The maximum atomic E-state index is 12.6. The van der Waals surface area contributed by atoms with Gasteiger partial charge in [-0.1, -0.05) is 11.3 Å². The van der Waals surface area contributed by atoms with E-state index in [1.807, 2.05) is 6.92 Å². The summed E-state index contributed by atoms with van der Waals surface area (Å²) in [7, 11) is 0. The highest BCUT2D eigenvalue weighted by atomic mass is 79.9. The fourth-order valence-corrected chi connectivity index (χ4v) is 3.51. The van der Waals surface area contributed by atoms with Crippen LogP contribution in [-0.2, 0) is 10.3 Å².